The fourth-order valence-corrected chi connectivity index (χ4v) is 1.63. The Hall–Kier alpha value is -2.15. The molecule has 0 aliphatic heterocycles. The highest BCUT2D eigenvalue weighted by Gasteiger charge is 2.07. The van der Waals surface area contributed by atoms with Gasteiger partial charge in [0, 0.05) is 23.8 Å². The maximum Gasteiger partial charge on any atom is 0.350 e. The summed E-state index contributed by atoms with van der Waals surface area (Å²) in [7, 11) is 1.81. The number of hydrogen-bond donors (Lipinski definition) is 3. The molecule has 0 radical (unpaired) electrons. The van der Waals surface area contributed by atoms with E-state index in [1.54, 1.807) is 0 Å². The largest absolute Gasteiger partial charge is 0.480 e. The minimum absolute atomic E-state index is 0.381. The maximum absolute atomic E-state index is 11.5. The van der Waals surface area contributed by atoms with Crippen LogP contribution in [0.2, 0.25) is 0 Å². The Balaban J connectivity index is 2.48. The number of carboxylic acids is 1. The van der Waals surface area contributed by atoms with Gasteiger partial charge in [0.25, 0.3) is 0 Å². The summed E-state index contributed by atoms with van der Waals surface area (Å²) in [5.74, 6) is -1.07. The molecule has 2 heterocycles. The summed E-state index contributed by atoms with van der Waals surface area (Å²) in [6.07, 6.45) is 1.49. The Morgan fingerprint density at radius 1 is 1.65 bits per heavy atom. The molecule has 0 amide bonds. The van der Waals surface area contributed by atoms with Gasteiger partial charge in [-0.2, -0.15) is 4.98 Å². The summed E-state index contributed by atoms with van der Waals surface area (Å²) >= 11 is 0. The highest BCUT2D eigenvalue weighted by molar-refractivity contribution is 5.75. The molecular weight excluding hydrogens is 224 g/mol. The number of fused-ring (bicyclic) bond motifs is 1. The van der Waals surface area contributed by atoms with E-state index in [1.807, 2.05) is 13.1 Å². The molecule has 7 heteroatoms. The monoisotopic (exact) mass is 236 g/mol. The zero-order chi connectivity index (χ0) is 12.4. The summed E-state index contributed by atoms with van der Waals surface area (Å²) in [4.78, 5) is 28.8. The lowest BCUT2D eigenvalue weighted by atomic mass is 10.3. The van der Waals surface area contributed by atoms with Gasteiger partial charge < -0.3 is 15.4 Å². The minimum atomic E-state index is -1.07. The van der Waals surface area contributed by atoms with Crippen molar-refractivity contribution in [1.82, 2.24) is 19.9 Å². The van der Waals surface area contributed by atoms with E-state index in [-0.39, 0.29) is 6.54 Å². The molecule has 0 bridgehead atoms. The Bertz CT molecular complexity index is 614. The smallest absolute Gasteiger partial charge is 0.350 e. The highest BCUT2D eigenvalue weighted by atomic mass is 16.4. The second-order valence-corrected chi connectivity index (χ2v) is 3.67. The van der Waals surface area contributed by atoms with E-state index in [2.05, 4.69) is 15.3 Å². The number of carboxylic acid groups (broad SMARTS) is 1. The predicted molar refractivity (Wildman–Crippen MR) is 60.8 cm³/mol. The van der Waals surface area contributed by atoms with Gasteiger partial charge in [-0.25, -0.2) is 4.79 Å². The van der Waals surface area contributed by atoms with Crippen molar-refractivity contribution in [2.75, 3.05) is 7.05 Å². The number of H-pyrrole nitrogens is 1. The molecule has 0 spiro atoms. The number of carbonyl (C=O) groups is 1. The van der Waals surface area contributed by atoms with Gasteiger partial charge in [0.15, 0.2) is 0 Å². The Morgan fingerprint density at radius 3 is 3.06 bits per heavy atom. The van der Waals surface area contributed by atoms with Crippen molar-refractivity contribution in [3.05, 3.63) is 28.4 Å². The third-order valence-electron chi connectivity index (χ3n) is 2.30. The summed E-state index contributed by atoms with van der Waals surface area (Å²) in [5.41, 5.74) is 0.794. The van der Waals surface area contributed by atoms with Gasteiger partial charge in [0.1, 0.15) is 12.2 Å². The minimum Gasteiger partial charge on any atom is -0.480 e. The molecule has 3 N–H and O–H groups in total. The van der Waals surface area contributed by atoms with E-state index in [0.29, 0.717) is 12.2 Å². The molecule has 2 rings (SSSR count). The van der Waals surface area contributed by atoms with E-state index < -0.39 is 11.7 Å². The molecule has 0 saturated heterocycles. The second kappa shape index (κ2) is 4.38. The predicted octanol–water partition coefficient (Wildman–Crippen LogP) is -0.471. The average molecular weight is 236 g/mol. The van der Waals surface area contributed by atoms with Crippen molar-refractivity contribution in [3.63, 3.8) is 0 Å². The van der Waals surface area contributed by atoms with Crippen LogP contribution in [0.1, 0.15) is 5.69 Å². The SMILES string of the molecule is CNCc1cc2cn(CC(=O)O)c(=O)nc2[nH]1. The van der Waals surface area contributed by atoms with Crippen LogP contribution in [-0.2, 0) is 17.9 Å². The van der Waals surface area contributed by atoms with Crippen LogP contribution in [0.3, 0.4) is 0 Å². The van der Waals surface area contributed by atoms with Crippen LogP contribution >= 0.6 is 0 Å². The van der Waals surface area contributed by atoms with Crippen LogP contribution in [0.25, 0.3) is 11.0 Å². The Morgan fingerprint density at radius 2 is 2.41 bits per heavy atom. The molecule has 0 atom stereocenters. The molecule has 0 aliphatic carbocycles. The fraction of sp³-hybridized carbons (Fsp3) is 0.300. The molecule has 2 aromatic heterocycles. The van der Waals surface area contributed by atoms with Crippen LogP contribution < -0.4 is 11.0 Å². The molecule has 90 valence electrons. The molecule has 17 heavy (non-hydrogen) atoms. The van der Waals surface area contributed by atoms with Crippen LogP contribution in [0.5, 0.6) is 0 Å². The molecule has 0 unspecified atom stereocenters. The lowest BCUT2D eigenvalue weighted by Crippen LogP contribution is -2.25. The fourth-order valence-electron chi connectivity index (χ4n) is 1.63. The summed E-state index contributed by atoms with van der Waals surface area (Å²) in [6, 6.07) is 1.83. The van der Waals surface area contributed by atoms with Crippen LogP contribution in [0.4, 0.5) is 0 Å². The number of hydrogen-bond acceptors (Lipinski definition) is 4. The van der Waals surface area contributed by atoms with Gasteiger partial charge in [-0.3, -0.25) is 9.36 Å². The van der Waals surface area contributed by atoms with Crippen LogP contribution in [0.15, 0.2) is 17.1 Å². The van der Waals surface area contributed by atoms with E-state index in [4.69, 9.17) is 5.11 Å². The lowest BCUT2D eigenvalue weighted by Gasteiger charge is -1.99. The van der Waals surface area contributed by atoms with E-state index in [1.165, 1.54) is 6.20 Å². The number of rotatable bonds is 4. The van der Waals surface area contributed by atoms with Gasteiger partial charge in [0.2, 0.25) is 0 Å². The van der Waals surface area contributed by atoms with E-state index in [0.717, 1.165) is 15.6 Å². The van der Waals surface area contributed by atoms with Gasteiger partial charge in [-0.15, -0.1) is 0 Å². The van der Waals surface area contributed by atoms with E-state index >= 15 is 0 Å². The van der Waals surface area contributed by atoms with Crippen molar-refractivity contribution in [1.29, 1.82) is 0 Å². The quantitative estimate of drug-likeness (QED) is 0.666. The standard InChI is InChI=1S/C10H12N4O3/c1-11-3-7-2-6-4-14(5-8(15)16)10(17)13-9(6)12-7/h2,4,11H,3,5H2,1H3,(H,15,16)(H,12,13,17). The van der Waals surface area contributed by atoms with Gasteiger partial charge in [-0.05, 0) is 13.1 Å². The first-order chi connectivity index (χ1) is 8.10. The second-order valence-electron chi connectivity index (χ2n) is 3.67. The Kier molecular flexibility index (Phi) is 2.92. The molecule has 0 aromatic carbocycles. The zero-order valence-electron chi connectivity index (χ0n) is 9.23. The molecule has 0 saturated carbocycles. The molecule has 2 aromatic rings. The zero-order valence-corrected chi connectivity index (χ0v) is 9.23. The average Bonchev–Trinajstić information content (AvgIpc) is 2.60. The first-order valence-corrected chi connectivity index (χ1v) is 5.05. The maximum atomic E-state index is 11.5. The molecule has 7 nitrogen and oxygen atoms in total. The number of aromatic nitrogens is 3. The van der Waals surface area contributed by atoms with Crippen molar-refractivity contribution >= 4 is 17.0 Å². The summed E-state index contributed by atoms with van der Waals surface area (Å²) in [6.45, 7) is 0.248. The van der Waals surface area contributed by atoms with Gasteiger partial charge in [-0.1, -0.05) is 0 Å². The van der Waals surface area contributed by atoms with Crippen molar-refractivity contribution in [2.45, 2.75) is 13.1 Å². The van der Waals surface area contributed by atoms with Crippen LogP contribution in [0, 0.1) is 0 Å². The van der Waals surface area contributed by atoms with Crippen molar-refractivity contribution in [2.24, 2.45) is 0 Å². The van der Waals surface area contributed by atoms with Gasteiger partial charge in [0.05, 0.1) is 0 Å². The molecule has 0 aliphatic rings. The third kappa shape index (κ3) is 2.34. The number of aliphatic carboxylic acids is 1. The topological polar surface area (TPSA) is 100 Å². The van der Waals surface area contributed by atoms with E-state index in [9.17, 15) is 9.59 Å². The number of nitrogens with one attached hydrogen (secondary N) is 2. The third-order valence-corrected chi connectivity index (χ3v) is 2.30. The first-order valence-electron chi connectivity index (χ1n) is 5.05. The number of aromatic amines is 1. The van der Waals surface area contributed by atoms with Crippen molar-refractivity contribution in [3.8, 4) is 0 Å². The summed E-state index contributed by atoms with van der Waals surface area (Å²) < 4.78 is 1.07. The van der Waals surface area contributed by atoms with Crippen molar-refractivity contribution < 1.29 is 9.90 Å². The normalized spacial score (nSPS) is 10.9. The first kappa shape index (κ1) is 11.3. The van der Waals surface area contributed by atoms with Crippen LogP contribution in [-0.4, -0.2) is 32.7 Å². The lowest BCUT2D eigenvalue weighted by molar-refractivity contribution is -0.137. The summed E-state index contributed by atoms with van der Waals surface area (Å²) in [5, 5.41) is 12.3. The molecular formula is C10H12N4O3. The molecule has 0 fully saturated rings. The Labute approximate surface area is 96.1 Å². The van der Waals surface area contributed by atoms with Gasteiger partial charge >= 0.3 is 11.7 Å². The highest BCUT2D eigenvalue weighted by Crippen LogP contribution is 2.10. The number of nitrogens with zero attached hydrogens (tertiary/aromatic N) is 2.